The van der Waals surface area contributed by atoms with Crippen molar-refractivity contribution in [1.29, 1.82) is 0 Å². The predicted molar refractivity (Wildman–Crippen MR) is 86.6 cm³/mol. The number of amides is 1. The third kappa shape index (κ3) is 4.44. The van der Waals surface area contributed by atoms with Gasteiger partial charge in [0.25, 0.3) is 5.91 Å². The van der Waals surface area contributed by atoms with Gasteiger partial charge in [-0.05, 0) is 12.8 Å². The third-order valence-electron chi connectivity index (χ3n) is 3.75. The summed E-state index contributed by atoms with van der Waals surface area (Å²) in [4.78, 5) is 20.6. The summed E-state index contributed by atoms with van der Waals surface area (Å²) >= 11 is 3.33. The van der Waals surface area contributed by atoms with Crippen molar-refractivity contribution in [3.05, 3.63) is 11.1 Å². The van der Waals surface area contributed by atoms with Crippen LogP contribution in [0.25, 0.3) is 0 Å². The van der Waals surface area contributed by atoms with Gasteiger partial charge in [-0.25, -0.2) is 0 Å². The predicted octanol–water partition coefficient (Wildman–Crippen LogP) is 0.794. The molecule has 0 aromatic carbocycles. The van der Waals surface area contributed by atoms with E-state index in [4.69, 9.17) is 4.74 Å². The van der Waals surface area contributed by atoms with E-state index in [1.165, 1.54) is 0 Å². The Bertz CT molecular complexity index is 413. The van der Waals surface area contributed by atoms with Crippen LogP contribution in [0.3, 0.4) is 0 Å². The Labute approximate surface area is 134 Å². The van der Waals surface area contributed by atoms with Crippen LogP contribution in [0.1, 0.15) is 12.8 Å². The summed E-state index contributed by atoms with van der Waals surface area (Å²) in [6.07, 6.45) is 1.63. The van der Waals surface area contributed by atoms with Crippen LogP contribution in [-0.2, 0) is 9.53 Å². The van der Waals surface area contributed by atoms with Crippen LogP contribution in [0.15, 0.2) is 16.1 Å². The second-order valence-electron chi connectivity index (χ2n) is 5.23. The van der Waals surface area contributed by atoms with Gasteiger partial charge in [0.2, 0.25) is 0 Å². The van der Waals surface area contributed by atoms with Crippen molar-refractivity contribution >= 4 is 27.8 Å². The highest BCUT2D eigenvalue weighted by Gasteiger charge is 2.30. The van der Waals surface area contributed by atoms with Gasteiger partial charge in [0.15, 0.2) is 5.96 Å². The quantitative estimate of drug-likeness (QED) is 0.598. The SMILES string of the molecule is C=C(Br)CNC(=NC)N1CCN(C(=O)C2CCCO2)CC1. The van der Waals surface area contributed by atoms with Crippen molar-refractivity contribution in [2.75, 3.05) is 46.4 Å². The Balaban J connectivity index is 1.81. The first-order valence-electron chi connectivity index (χ1n) is 7.31. The molecule has 1 amide bonds. The fourth-order valence-electron chi connectivity index (χ4n) is 2.62. The number of piperazine rings is 1. The number of ether oxygens (including phenoxy) is 1. The Morgan fingerprint density at radius 3 is 2.57 bits per heavy atom. The molecule has 0 saturated carbocycles. The summed E-state index contributed by atoms with van der Waals surface area (Å²) in [5, 5.41) is 3.24. The monoisotopic (exact) mass is 358 g/mol. The highest BCUT2D eigenvalue weighted by molar-refractivity contribution is 9.11. The van der Waals surface area contributed by atoms with Gasteiger partial charge in [-0.15, -0.1) is 0 Å². The van der Waals surface area contributed by atoms with E-state index < -0.39 is 0 Å². The van der Waals surface area contributed by atoms with E-state index in [0.29, 0.717) is 26.2 Å². The number of nitrogens with one attached hydrogen (secondary N) is 1. The van der Waals surface area contributed by atoms with Crippen molar-refractivity contribution < 1.29 is 9.53 Å². The minimum atomic E-state index is -0.217. The molecule has 2 heterocycles. The molecule has 0 bridgehead atoms. The van der Waals surface area contributed by atoms with Gasteiger partial charge in [-0.1, -0.05) is 22.5 Å². The molecule has 0 aromatic heterocycles. The minimum Gasteiger partial charge on any atom is -0.368 e. The maximum atomic E-state index is 12.3. The number of hydrogen-bond acceptors (Lipinski definition) is 3. The molecule has 2 fully saturated rings. The van der Waals surface area contributed by atoms with E-state index in [1.54, 1.807) is 7.05 Å². The summed E-state index contributed by atoms with van der Waals surface area (Å²) in [6, 6.07) is 0. The fraction of sp³-hybridized carbons (Fsp3) is 0.714. The Morgan fingerprint density at radius 2 is 2.05 bits per heavy atom. The van der Waals surface area contributed by atoms with Gasteiger partial charge in [0, 0.05) is 50.9 Å². The highest BCUT2D eigenvalue weighted by Crippen LogP contribution is 2.16. The molecule has 2 aliphatic heterocycles. The van der Waals surface area contributed by atoms with Crippen LogP contribution in [0.5, 0.6) is 0 Å². The fourth-order valence-corrected chi connectivity index (χ4v) is 2.76. The minimum absolute atomic E-state index is 0.143. The second-order valence-corrected chi connectivity index (χ2v) is 6.35. The lowest BCUT2D eigenvalue weighted by Gasteiger charge is -2.37. The van der Waals surface area contributed by atoms with Crippen molar-refractivity contribution in [3.63, 3.8) is 0 Å². The standard InChI is InChI=1S/C14H23BrN4O2/c1-11(15)10-17-14(16-2)19-7-5-18(6-8-19)13(20)12-4-3-9-21-12/h12H,1,3-10H2,2H3,(H,16,17). The smallest absolute Gasteiger partial charge is 0.251 e. The Hall–Kier alpha value is -1.08. The largest absolute Gasteiger partial charge is 0.368 e. The average Bonchev–Trinajstić information content (AvgIpc) is 3.02. The van der Waals surface area contributed by atoms with Gasteiger partial charge >= 0.3 is 0 Å². The van der Waals surface area contributed by atoms with Gasteiger partial charge < -0.3 is 19.9 Å². The van der Waals surface area contributed by atoms with E-state index >= 15 is 0 Å². The molecule has 6 nitrogen and oxygen atoms in total. The first-order chi connectivity index (χ1) is 10.1. The molecule has 21 heavy (non-hydrogen) atoms. The molecule has 1 unspecified atom stereocenters. The first-order valence-corrected chi connectivity index (χ1v) is 8.10. The van der Waals surface area contributed by atoms with Crippen LogP contribution in [0.4, 0.5) is 0 Å². The number of hydrogen-bond donors (Lipinski definition) is 1. The highest BCUT2D eigenvalue weighted by atomic mass is 79.9. The molecule has 118 valence electrons. The summed E-state index contributed by atoms with van der Waals surface area (Å²) < 4.78 is 6.36. The summed E-state index contributed by atoms with van der Waals surface area (Å²) in [7, 11) is 1.77. The molecule has 0 spiro atoms. The second kappa shape index (κ2) is 7.79. The van der Waals surface area contributed by atoms with Crippen LogP contribution in [-0.4, -0.2) is 74.1 Å². The molecular formula is C14H23BrN4O2. The zero-order valence-corrected chi connectivity index (χ0v) is 14.1. The summed E-state index contributed by atoms with van der Waals surface area (Å²) in [6.45, 7) is 8.16. The van der Waals surface area contributed by atoms with Crippen LogP contribution < -0.4 is 5.32 Å². The van der Waals surface area contributed by atoms with Crippen LogP contribution >= 0.6 is 15.9 Å². The first kappa shape index (κ1) is 16.3. The maximum Gasteiger partial charge on any atom is 0.251 e. The molecule has 0 aliphatic carbocycles. The van der Waals surface area contributed by atoms with Crippen molar-refractivity contribution in [3.8, 4) is 0 Å². The molecule has 1 N–H and O–H groups in total. The number of rotatable bonds is 3. The molecular weight excluding hydrogens is 336 g/mol. The number of halogens is 1. The maximum absolute atomic E-state index is 12.3. The van der Waals surface area contributed by atoms with E-state index in [0.717, 1.165) is 36.4 Å². The topological polar surface area (TPSA) is 57.2 Å². The number of carbonyl (C=O) groups excluding carboxylic acids is 1. The van der Waals surface area contributed by atoms with E-state index in [1.807, 2.05) is 4.90 Å². The van der Waals surface area contributed by atoms with Gasteiger partial charge in [-0.3, -0.25) is 9.79 Å². The van der Waals surface area contributed by atoms with Gasteiger partial charge in [-0.2, -0.15) is 0 Å². The number of nitrogens with zero attached hydrogens (tertiary/aromatic N) is 3. The van der Waals surface area contributed by atoms with E-state index in [-0.39, 0.29) is 12.0 Å². The Kier molecular flexibility index (Phi) is 6.05. The Morgan fingerprint density at radius 1 is 1.38 bits per heavy atom. The normalized spacial score (nSPS) is 23.3. The average molecular weight is 359 g/mol. The molecule has 7 heteroatoms. The molecule has 2 aliphatic rings. The van der Waals surface area contributed by atoms with E-state index in [2.05, 4.69) is 37.7 Å². The van der Waals surface area contributed by atoms with Gasteiger partial charge in [0.05, 0.1) is 0 Å². The summed E-state index contributed by atoms with van der Waals surface area (Å²) in [5.41, 5.74) is 0. The van der Waals surface area contributed by atoms with Crippen molar-refractivity contribution in [1.82, 2.24) is 15.1 Å². The zero-order valence-electron chi connectivity index (χ0n) is 12.5. The molecule has 2 rings (SSSR count). The lowest BCUT2D eigenvalue weighted by Crippen LogP contribution is -2.55. The number of carbonyl (C=O) groups is 1. The van der Waals surface area contributed by atoms with Gasteiger partial charge in [0.1, 0.15) is 6.10 Å². The lowest BCUT2D eigenvalue weighted by atomic mass is 10.2. The molecule has 0 radical (unpaired) electrons. The molecule has 1 atom stereocenters. The third-order valence-corrected chi connectivity index (χ3v) is 4.03. The number of aliphatic imine (C=N–C) groups is 1. The molecule has 2 saturated heterocycles. The summed E-state index contributed by atoms with van der Waals surface area (Å²) in [5.74, 6) is 0.990. The van der Waals surface area contributed by atoms with Crippen molar-refractivity contribution in [2.45, 2.75) is 18.9 Å². The van der Waals surface area contributed by atoms with Crippen LogP contribution in [0, 0.1) is 0 Å². The number of guanidine groups is 1. The van der Waals surface area contributed by atoms with E-state index in [9.17, 15) is 4.79 Å². The lowest BCUT2D eigenvalue weighted by molar-refractivity contribution is -0.142. The molecule has 0 aromatic rings. The van der Waals surface area contributed by atoms with Crippen LogP contribution in [0.2, 0.25) is 0 Å². The van der Waals surface area contributed by atoms with Crippen molar-refractivity contribution in [2.24, 2.45) is 4.99 Å². The zero-order chi connectivity index (χ0) is 15.2.